The van der Waals surface area contributed by atoms with Crippen LogP contribution >= 0.6 is 12.6 Å². The van der Waals surface area contributed by atoms with Gasteiger partial charge in [0.05, 0.1) is 0 Å². The molecule has 0 aliphatic rings. The van der Waals surface area contributed by atoms with Crippen molar-refractivity contribution in [3.05, 3.63) is 12.8 Å². The highest BCUT2D eigenvalue weighted by Crippen LogP contribution is 1.86. The summed E-state index contributed by atoms with van der Waals surface area (Å²) in [6.07, 6.45) is 1.34. The van der Waals surface area contributed by atoms with Crippen molar-refractivity contribution in [3.8, 4) is 0 Å². The van der Waals surface area contributed by atoms with Crippen LogP contribution in [0.2, 0.25) is 0 Å². The molecule has 4 heteroatoms. The standard InChI is InChI=1S/C5H9NO2S/c1-2-6-4(3-9)5(7)8/h2,4,6,9H,1,3H2,(H,7,8)/t4-/m0/s1. The second kappa shape index (κ2) is 4.26. The lowest BCUT2D eigenvalue weighted by molar-refractivity contribution is -0.138. The van der Waals surface area contributed by atoms with Crippen molar-refractivity contribution >= 4 is 18.6 Å². The maximum Gasteiger partial charge on any atom is 0.326 e. The zero-order chi connectivity index (χ0) is 7.28. The van der Waals surface area contributed by atoms with E-state index < -0.39 is 12.0 Å². The molecule has 0 aliphatic heterocycles. The molecule has 1 atom stereocenters. The Bertz CT molecular complexity index is 116. The first-order valence-electron chi connectivity index (χ1n) is 2.43. The summed E-state index contributed by atoms with van der Waals surface area (Å²) in [7, 11) is 0. The second-order valence-electron chi connectivity index (χ2n) is 1.44. The molecular weight excluding hydrogens is 138 g/mol. The van der Waals surface area contributed by atoms with E-state index in [4.69, 9.17) is 5.11 Å². The van der Waals surface area contributed by atoms with E-state index in [1.165, 1.54) is 6.20 Å². The number of nitrogens with one attached hydrogen (secondary N) is 1. The summed E-state index contributed by atoms with van der Waals surface area (Å²) in [5.74, 6) is -0.647. The fourth-order valence-electron chi connectivity index (χ4n) is 0.344. The molecule has 0 bridgehead atoms. The van der Waals surface area contributed by atoms with E-state index in [9.17, 15) is 4.79 Å². The molecule has 52 valence electrons. The maximum absolute atomic E-state index is 10.2. The van der Waals surface area contributed by atoms with Gasteiger partial charge in [0.2, 0.25) is 0 Å². The second-order valence-corrected chi connectivity index (χ2v) is 1.81. The van der Waals surface area contributed by atoms with Crippen molar-refractivity contribution in [3.63, 3.8) is 0 Å². The fraction of sp³-hybridized carbons (Fsp3) is 0.400. The van der Waals surface area contributed by atoms with E-state index in [1.54, 1.807) is 0 Å². The Labute approximate surface area is 59.2 Å². The van der Waals surface area contributed by atoms with E-state index in [2.05, 4.69) is 24.5 Å². The Kier molecular flexibility index (Phi) is 3.96. The van der Waals surface area contributed by atoms with Crippen LogP contribution in [0.3, 0.4) is 0 Å². The predicted molar refractivity (Wildman–Crippen MR) is 38.6 cm³/mol. The van der Waals surface area contributed by atoms with Crippen molar-refractivity contribution in [2.24, 2.45) is 0 Å². The Morgan fingerprint density at radius 3 is 2.67 bits per heavy atom. The number of aliphatic carboxylic acids is 1. The summed E-state index contributed by atoms with van der Waals surface area (Å²) in [4.78, 5) is 10.2. The van der Waals surface area contributed by atoms with Gasteiger partial charge in [-0.15, -0.1) is 0 Å². The van der Waals surface area contributed by atoms with Crippen molar-refractivity contribution in [1.82, 2.24) is 5.32 Å². The van der Waals surface area contributed by atoms with Gasteiger partial charge in [-0.05, 0) is 6.20 Å². The lowest BCUT2D eigenvalue weighted by atomic mass is 10.3. The molecule has 0 heterocycles. The number of thiol groups is 1. The van der Waals surface area contributed by atoms with Crippen molar-refractivity contribution in [1.29, 1.82) is 0 Å². The van der Waals surface area contributed by atoms with Crippen molar-refractivity contribution in [2.75, 3.05) is 5.75 Å². The first-order valence-corrected chi connectivity index (χ1v) is 3.06. The van der Waals surface area contributed by atoms with Crippen molar-refractivity contribution in [2.45, 2.75) is 6.04 Å². The molecule has 0 saturated heterocycles. The Balaban J connectivity index is 3.67. The van der Waals surface area contributed by atoms with Crippen LogP contribution in [0.1, 0.15) is 0 Å². The summed E-state index contributed by atoms with van der Waals surface area (Å²) >= 11 is 3.80. The molecule has 0 aromatic carbocycles. The summed E-state index contributed by atoms with van der Waals surface area (Å²) in [6.45, 7) is 3.32. The van der Waals surface area contributed by atoms with Gasteiger partial charge >= 0.3 is 5.97 Å². The molecule has 2 N–H and O–H groups in total. The number of carboxylic acid groups (broad SMARTS) is 1. The molecule has 0 spiro atoms. The predicted octanol–water partition coefficient (Wildman–Crippen LogP) is 0.102. The lowest BCUT2D eigenvalue weighted by Crippen LogP contribution is -2.34. The summed E-state index contributed by atoms with van der Waals surface area (Å²) < 4.78 is 0. The largest absolute Gasteiger partial charge is 0.480 e. The van der Waals surface area contributed by atoms with Crippen LogP contribution in [0.25, 0.3) is 0 Å². The Morgan fingerprint density at radius 2 is 2.56 bits per heavy atom. The van der Waals surface area contributed by atoms with Crippen LogP contribution < -0.4 is 5.32 Å². The van der Waals surface area contributed by atoms with Crippen LogP contribution in [0, 0.1) is 0 Å². The summed E-state index contributed by atoms with van der Waals surface area (Å²) in [5, 5.41) is 10.9. The van der Waals surface area contributed by atoms with Gasteiger partial charge in [0.25, 0.3) is 0 Å². The molecule has 0 unspecified atom stereocenters. The molecule has 9 heavy (non-hydrogen) atoms. The first kappa shape index (κ1) is 8.36. The summed E-state index contributed by atoms with van der Waals surface area (Å²) in [6, 6.07) is -0.620. The van der Waals surface area contributed by atoms with Gasteiger partial charge in [0.15, 0.2) is 0 Å². The molecule has 0 rings (SSSR count). The van der Waals surface area contributed by atoms with E-state index >= 15 is 0 Å². The topological polar surface area (TPSA) is 49.3 Å². The average Bonchev–Trinajstić information content (AvgIpc) is 1.82. The number of hydrogen-bond acceptors (Lipinski definition) is 3. The molecule has 0 aromatic heterocycles. The first-order chi connectivity index (χ1) is 4.22. The van der Waals surface area contributed by atoms with E-state index in [-0.39, 0.29) is 5.75 Å². The van der Waals surface area contributed by atoms with Gasteiger partial charge in [0, 0.05) is 5.75 Å². The molecule has 0 radical (unpaired) electrons. The number of carboxylic acids is 1. The minimum atomic E-state index is -0.912. The Hall–Kier alpha value is -0.640. The van der Waals surface area contributed by atoms with Crippen LogP contribution in [-0.4, -0.2) is 22.9 Å². The molecule has 0 amide bonds. The third-order valence-electron chi connectivity index (χ3n) is 0.800. The van der Waals surface area contributed by atoms with Crippen LogP contribution in [0.5, 0.6) is 0 Å². The number of hydrogen-bond donors (Lipinski definition) is 3. The zero-order valence-electron chi connectivity index (χ0n) is 4.87. The summed E-state index contributed by atoms with van der Waals surface area (Å²) in [5.41, 5.74) is 0. The Morgan fingerprint density at radius 1 is 2.00 bits per heavy atom. The monoisotopic (exact) mass is 147 g/mol. The highest BCUT2D eigenvalue weighted by Gasteiger charge is 2.11. The van der Waals surface area contributed by atoms with Crippen molar-refractivity contribution < 1.29 is 9.90 Å². The third kappa shape index (κ3) is 3.03. The van der Waals surface area contributed by atoms with Crippen LogP contribution in [0.15, 0.2) is 12.8 Å². The van der Waals surface area contributed by atoms with Gasteiger partial charge in [-0.2, -0.15) is 12.6 Å². The van der Waals surface area contributed by atoms with Crippen LogP contribution in [0.4, 0.5) is 0 Å². The average molecular weight is 147 g/mol. The van der Waals surface area contributed by atoms with Gasteiger partial charge in [-0.1, -0.05) is 6.58 Å². The molecule has 3 nitrogen and oxygen atoms in total. The lowest BCUT2D eigenvalue weighted by Gasteiger charge is -2.06. The quantitative estimate of drug-likeness (QED) is 0.494. The van der Waals surface area contributed by atoms with E-state index in [0.29, 0.717) is 0 Å². The minimum Gasteiger partial charge on any atom is -0.480 e. The number of rotatable bonds is 4. The zero-order valence-corrected chi connectivity index (χ0v) is 5.77. The van der Waals surface area contributed by atoms with Gasteiger partial charge < -0.3 is 10.4 Å². The molecular formula is C5H9NO2S. The maximum atomic E-state index is 10.2. The molecule has 0 fully saturated rings. The van der Waals surface area contributed by atoms with E-state index in [1.807, 2.05) is 0 Å². The smallest absolute Gasteiger partial charge is 0.326 e. The normalized spacial score (nSPS) is 12.1. The van der Waals surface area contributed by atoms with Gasteiger partial charge in [-0.25, -0.2) is 4.79 Å². The SMILES string of the molecule is C=CN[C@@H](CS)C(=O)O. The van der Waals surface area contributed by atoms with Gasteiger partial charge in [-0.3, -0.25) is 0 Å². The highest BCUT2D eigenvalue weighted by atomic mass is 32.1. The fourth-order valence-corrected chi connectivity index (χ4v) is 0.606. The molecule has 0 aromatic rings. The third-order valence-corrected chi connectivity index (χ3v) is 1.16. The minimum absolute atomic E-state index is 0.265. The van der Waals surface area contributed by atoms with Crippen LogP contribution in [-0.2, 0) is 4.79 Å². The molecule has 0 saturated carbocycles. The van der Waals surface area contributed by atoms with E-state index in [0.717, 1.165) is 0 Å². The van der Waals surface area contributed by atoms with Gasteiger partial charge in [0.1, 0.15) is 6.04 Å². The molecule has 0 aliphatic carbocycles. The number of carbonyl (C=O) groups is 1. The highest BCUT2D eigenvalue weighted by molar-refractivity contribution is 7.80.